The van der Waals surface area contributed by atoms with Crippen molar-refractivity contribution in [3.8, 4) is 0 Å². The number of ketones is 2. The number of hydrogen-bond donors (Lipinski definition) is 2. The predicted octanol–water partition coefficient (Wildman–Crippen LogP) is 3.20. The second kappa shape index (κ2) is 8.54. The number of nitrogens with one attached hydrogen (secondary N) is 1. The summed E-state index contributed by atoms with van der Waals surface area (Å²) < 4.78 is 15.7. The van der Waals surface area contributed by atoms with E-state index in [1.807, 2.05) is 0 Å². The molecule has 0 aliphatic heterocycles. The van der Waals surface area contributed by atoms with E-state index in [0.29, 0.717) is 11.1 Å². The van der Waals surface area contributed by atoms with Crippen LogP contribution in [0.1, 0.15) is 37.8 Å². The lowest BCUT2D eigenvalue weighted by Crippen LogP contribution is -2.11. The van der Waals surface area contributed by atoms with Crippen molar-refractivity contribution < 1.29 is 19.1 Å². The molecule has 0 radical (unpaired) electrons. The van der Waals surface area contributed by atoms with E-state index in [1.54, 1.807) is 48.5 Å². The fourth-order valence-electron chi connectivity index (χ4n) is 3.06. The van der Waals surface area contributed by atoms with Gasteiger partial charge in [0, 0.05) is 29.0 Å². The van der Waals surface area contributed by atoms with E-state index in [9.17, 15) is 19.1 Å². The Morgan fingerprint density at radius 2 is 1.81 bits per heavy atom. The monoisotopic (exact) mass is 417 g/mol. The fraction of sp³-hybridized carbons (Fsp3) is 0.0455. The number of tetrazole rings is 1. The molecule has 9 heteroatoms. The standard InChI is InChI=1S/C22H16FN5O3/c23-17-9-5-4-8-15(17)12-28-13-16(19(29)11-20(30)22-24-26-27-25-22)10-18(28)21(31)14-6-2-1-3-7-14/h1-11,13,29H,12H2,(H,24,25,26,27). The summed E-state index contributed by atoms with van der Waals surface area (Å²) in [4.78, 5) is 25.2. The number of aliphatic hydroxyl groups excluding tert-OH is 1. The molecule has 154 valence electrons. The molecule has 4 aromatic rings. The minimum atomic E-state index is -0.663. The van der Waals surface area contributed by atoms with Crippen molar-refractivity contribution in [1.82, 2.24) is 25.2 Å². The maximum Gasteiger partial charge on any atom is 0.244 e. The van der Waals surface area contributed by atoms with Gasteiger partial charge in [-0.2, -0.15) is 5.21 Å². The summed E-state index contributed by atoms with van der Waals surface area (Å²) in [6.45, 7) is 0.0622. The van der Waals surface area contributed by atoms with Gasteiger partial charge in [0.25, 0.3) is 0 Å². The van der Waals surface area contributed by atoms with Crippen molar-refractivity contribution in [2.24, 2.45) is 0 Å². The molecule has 0 aliphatic rings. The van der Waals surface area contributed by atoms with Crippen molar-refractivity contribution in [3.05, 3.63) is 107 Å². The minimum absolute atomic E-state index is 0.0622. The molecular weight excluding hydrogens is 401 g/mol. The third-order valence-electron chi connectivity index (χ3n) is 4.59. The molecule has 0 spiro atoms. The first kappa shape index (κ1) is 19.9. The first-order chi connectivity index (χ1) is 15.0. The molecule has 8 nitrogen and oxygen atoms in total. The number of benzene rings is 2. The van der Waals surface area contributed by atoms with Gasteiger partial charge in [-0.15, -0.1) is 10.2 Å². The third-order valence-corrected chi connectivity index (χ3v) is 4.59. The first-order valence-electron chi connectivity index (χ1n) is 9.25. The van der Waals surface area contributed by atoms with Crippen molar-refractivity contribution >= 4 is 17.3 Å². The summed E-state index contributed by atoms with van der Waals surface area (Å²) in [5.74, 6) is -1.98. The molecule has 0 unspecified atom stereocenters. The Balaban J connectivity index is 1.73. The molecule has 0 amide bonds. The summed E-state index contributed by atoms with van der Waals surface area (Å²) in [5.41, 5.74) is 1.26. The molecule has 2 N–H and O–H groups in total. The Morgan fingerprint density at radius 1 is 1.06 bits per heavy atom. The molecule has 0 saturated heterocycles. The summed E-state index contributed by atoms with van der Waals surface area (Å²) in [6.07, 6.45) is 2.42. The van der Waals surface area contributed by atoms with Crippen LogP contribution in [0.4, 0.5) is 4.39 Å². The number of rotatable bonds is 7. The van der Waals surface area contributed by atoms with Crippen LogP contribution < -0.4 is 0 Å². The van der Waals surface area contributed by atoms with Gasteiger partial charge in [0.2, 0.25) is 17.4 Å². The summed E-state index contributed by atoms with van der Waals surface area (Å²) in [6, 6.07) is 16.3. The maximum absolute atomic E-state index is 14.2. The topological polar surface area (TPSA) is 114 Å². The van der Waals surface area contributed by atoms with Crippen LogP contribution in [-0.2, 0) is 6.54 Å². The molecule has 0 aliphatic carbocycles. The van der Waals surface area contributed by atoms with E-state index in [0.717, 1.165) is 6.08 Å². The number of hydrogen-bond acceptors (Lipinski definition) is 6. The zero-order chi connectivity index (χ0) is 21.8. The van der Waals surface area contributed by atoms with Crippen LogP contribution in [0.3, 0.4) is 0 Å². The lowest BCUT2D eigenvalue weighted by molar-refractivity contribution is 0.102. The second-order valence-electron chi connectivity index (χ2n) is 6.66. The Labute approximate surface area is 175 Å². The number of nitrogens with zero attached hydrogens (tertiary/aromatic N) is 4. The van der Waals surface area contributed by atoms with Crippen molar-refractivity contribution in [2.75, 3.05) is 0 Å². The quantitative estimate of drug-likeness (QED) is 0.271. The van der Waals surface area contributed by atoms with Crippen LogP contribution >= 0.6 is 0 Å². The Kier molecular flexibility index (Phi) is 5.48. The van der Waals surface area contributed by atoms with Gasteiger partial charge in [-0.3, -0.25) is 9.59 Å². The van der Waals surface area contributed by atoms with Crippen LogP contribution in [0, 0.1) is 5.82 Å². The highest BCUT2D eigenvalue weighted by Gasteiger charge is 2.19. The summed E-state index contributed by atoms with van der Waals surface area (Å²) in [7, 11) is 0. The molecule has 0 fully saturated rings. The molecule has 2 aromatic heterocycles. The van der Waals surface area contributed by atoms with Gasteiger partial charge in [-0.1, -0.05) is 48.5 Å². The van der Waals surface area contributed by atoms with E-state index in [-0.39, 0.29) is 35.2 Å². The van der Waals surface area contributed by atoms with Crippen LogP contribution in [-0.4, -0.2) is 41.9 Å². The number of aliphatic hydroxyl groups is 1. The predicted molar refractivity (Wildman–Crippen MR) is 109 cm³/mol. The van der Waals surface area contributed by atoms with Gasteiger partial charge in [0.15, 0.2) is 0 Å². The van der Waals surface area contributed by atoms with Gasteiger partial charge in [-0.25, -0.2) is 4.39 Å². The highest BCUT2D eigenvalue weighted by atomic mass is 19.1. The van der Waals surface area contributed by atoms with Crippen LogP contribution in [0.2, 0.25) is 0 Å². The molecule has 0 bridgehead atoms. The number of halogens is 1. The van der Waals surface area contributed by atoms with E-state index < -0.39 is 11.6 Å². The lowest BCUT2D eigenvalue weighted by Gasteiger charge is -2.09. The normalized spacial score (nSPS) is 11.5. The number of carbonyl (C=O) groups excluding carboxylic acids is 2. The van der Waals surface area contributed by atoms with Crippen molar-refractivity contribution in [1.29, 1.82) is 0 Å². The molecular formula is C22H16FN5O3. The van der Waals surface area contributed by atoms with Crippen LogP contribution in [0.25, 0.3) is 5.76 Å². The number of carbonyl (C=O) groups is 2. The van der Waals surface area contributed by atoms with Crippen LogP contribution in [0.15, 0.2) is 72.9 Å². The average molecular weight is 417 g/mol. The second-order valence-corrected chi connectivity index (χ2v) is 6.66. The van der Waals surface area contributed by atoms with Gasteiger partial charge in [0.1, 0.15) is 11.6 Å². The Hall–Kier alpha value is -4.40. The zero-order valence-electron chi connectivity index (χ0n) is 16.1. The number of allylic oxidation sites excluding steroid dienone is 1. The smallest absolute Gasteiger partial charge is 0.244 e. The first-order valence-corrected chi connectivity index (χ1v) is 9.25. The Morgan fingerprint density at radius 3 is 2.52 bits per heavy atom. The number of aromatic amines is 1. The zero-order valence-corrected chi connectivity index (χ0v) is 16.1. The van der Waals surface area contributed by atoms with Crippen LogP contribution in [0.5, 0.6) is 0 Å². The number of aromatic nitrogens is 5. The summed E-state index contributed by atoms with van der Waals surface area (Å²) in [5, 5.41) is 23.0. The van der Waals surface area contributed by atoms with Crippen molar-refractivity contribution in [3.63, 3.8) is 0 Å². The van der Waals surface area contributed by atoms with Gasteiger partial charge >= 0.3 is 0 Å². The Bertz CT molecular complexity index is 1260. The molecule has 31 heavy (non-hydrogen) atoms. The maximum atomic E-state index is 14.2. The molecule has 4 rings (SSSR count). The SMILES string of the molecule is O=C(C=C(O)c1cc(C(=O)c2ccccc2)n(Cc2ccccc2F)c1)c1nn[nH]n1. The highest BCUT2D eigenvalue weighted by Crippen LogP contribution is 2.21. The molecule has 0 atom stereocenters. The van der Waals surface area contributed by atoms with E-state index in [4.69, 9.17) is 0 Å². The largest absolute Gasteiger partial charge is 0.507 e. The van der Waals surface area contributed by atoms with Crippen molar-refractivity contribution in [2.45, 2.75) is 6.54 Å². The van der Waals surface area contributed by atoms with E-state index >= 15 is 0 Å². The summed E-state index contributed by atoms with van der Waals surface area (Å²) >= 11 is 0. The molecule has 0 saturated carbocycles. The third kappa shape index (κ3) is 4.30. The average Bonchev–Trinajstić information content (AvgIpc) is 3.46. The van der Waals surface area contributed by atoms with Gasteiger partial charge < -0.3 is 9.67 Å². The lowest BCUT2D eigenvalue weighted by atomic mass is 10.1. The fourth-order valence-corrected chi connectivity index (χ4v) is 3.06. The number of H-pyrrole nitrogens is 1. The van der Waals surface area contributed by atoms with E-state index in [1.165, 1.54) is 22.9 Å². The highest BCUT2D eigenvalue weighted by molar-refractivity contribution is 6.09. The van der Waals surface area contributed by atoms with Gasteiger partial charge in [-0.05, 0) is 17.3 Å². The molecule has 2 aromatic carbocycles. The minimum Gasteiger partial charge on any atom is -0.507 e. The van der Waals surface area contributed by atoms with Gasteiger partial charge in [0.05, 0.1) is 12.2 Å². The molecule has 2 heterocycles. The van der Waals surface area contributed by atoms with E-state index in [2.05, 4.69) is 20.6 Å².